The molecule has 0 aliphatic heterocycles. The van der Waals surface area contributed by atoms with E-state index in [4.69, 9.17) is 0 Å². The third-order valence-corrected chi connectivity index (χ3v) is 4.77. The summed E-state index contributed by atoms with van der Waals surface area (Å²) in [5.41, 5.74) is 1.36. The van der Waals surface area contributed by atoms with Crippen LogP contribution < -0.4 is 5.32 Å². The van der Waals surface area contributed by atoms with Gasteiger partial charge in [-0.15, -0.1) is 11.3 Å². The average Bonchev–Trinajstić information content (AvgIpc) is 3.09. The summed E-state index contributed by atoms with van der Waals surface area (Å²) in [6.07, 6.45) is 7.79. The number of hydrogen-bond acceptors (Lipinski definition) is 3. The van der Waals surface area contributed by atoms with E-state index in [1.165, 1.54) is 16.9 Å². The van der Waals surface area contributed by atoms with E-state index in [0.29, 0.717) is 0 Å². The minimum Gasteiger partial charge on any atom is -0.347 e. The lowest BCUT2D eigenvalue weighted by Crippen LogP contribution is -2.28. The zero-order valence-corrected chi connectivity index (χ0v) is 11.7. The van der Waals surface area contributed by atoms with Crippen LogP contribution in [-0.2, 0) is 12.8 Å². The van der Waals surface area contributed by atoms with Gasteiger partial charge in [-0.25, -0.2) is 4.98 Å². The molecule has 4 nitrogen and oxygen atoms in total. The van der Waals surface area contributed by atoms with Gasteiger partial charge < -0.3 is 10.3 Å². The fourth-order valence-electron chi connectivity index (χ4n) is 2.50. The van der Waals surface area contributed by atoms with Crippen molar-refractivity contribution < 1.29 is 4.79 Å². The van der Waals surface area contributed by atoms with Crippen molar-refractivity contribution in [2.24, 2.45) is 0 Å². The zero-order valence-electron chi connectivity index (χ0n) is 10.9. The lowest BCUT2D eigenvalue weighted by atomic mass is 10.2. The number of imidazole rings is 1. The number of carbonyl (C=O) groups excluding carboxylic acids is 1. The molecule has 1 atom stereocenters. The van der Waals surface area contributed by atoms with Crippen LogP contribution in [0.1, 0.15) is 51.7 Å². The van der Waals surface area contributed by atoms with Crippen molar-refractivity contribution in [1.29, 1.82) is 0 Å². The topological polar surface area (TPSA) is 57.8 Å². The van der Waals surface area contributed by atoms with Crippen LogP contribution in [0.2, 0.25) is 0 Å². The molecule has 0 aromatic carbocycles. The number of thiophene rings is 1. The van der Waals surface area contributed by atoms with Gasteiger partial charge in [0.2, 0.25) is 0 Å². The second-order valence-corrected chi connectivity index (χ2v) is 5.96. The molecule has 3 rings (SSSR count). The van der Waals surface area contributed by atoms with E-state index in [1.807, 2.05) is 6.92 Å². The molecule has 0 fully saturated rings. The van der Waals surface area contributed by atoms with Crippen LogP contribution in [0.25, 0.3) is 0 Å². The highest BCUT2D eigenvalue weighted by atomic mass is 32.1. The Hall–Kier alpha value is -1.62. The molecule has 0 spiro atoms. The largest absolute Gasteiger partial charge is 0.347 e. The highest BCUT2D eigenvalue weighted by Crippen LogP contribution is 2.30. The normalized spacial score (nSPS) is 15.2. The van der Waals surface area contributed by atoms with Gasteiger partial charge in [-0.2, -0.15) is 0 Å². The number of aromatic amines is 1. The van der Waals surface area contributed by atoms with Gasteiger partial charge in [-0.05, 0) is 37.3 Å². The van der Waals surface area contributed by atoms with Crippen LogP contribution >= 0.6 is 11.3 Å². The maximum Gasteiger partial charge on any atom is 0.261 e. The highest BCUT2D eigenvalue weighted by molar-refractivity contribution is 7.14. The van der Waals surface area contributed by atoms with E-state index in [-0.39, 0.29) is 11.9 Å². The molecule has 2 N–H and O–H groups in total. The Balaban J connectivity index is 1.73. The number of rotatable bonds is 4. The molecular formula is C14H17N3OS. The van der Waals surface area contributed by atoms with E-state index in [1.54, 1.807) is 23.7 Å². The first-order chi connectivity index (χ1) is 9.28. The zero-order chi connectivity index (χ0) is 13.2. The predicted molar refractivity (Wildman–Crippen MR) is 75.4 cm³/mol. The predicted octanol–water partition coefficient (Wildman–Crippen LogP) is 2.84. The monoisotopic (exact) mass is 275 g/mol. The van der Waals surface area contributed by atoms with Crippen molar-refractivity contribution >= 4 is 17.2 Å². The van der Waals surface area contributed by atoms with Gasteiger partial charge in [0.1, 0.15) is 5.82 Å². The number of fused-ring (bicyclic) bond motifs is 1. The third-order valence-electron chi connectivity index (χ3n) is 3.53. The Bertz CT molecular complexity index is 552. The number of amides is 1. The van der Waals surface area contributed by atoms with E-state index in [2.05, 4.69) is 21.4 Å². The molecule has 5 heteroatoms. The van der Waals surface area contributed by atoms with Crippen molar-refractivity contribution in [3.8, 4) is 0 Å². The van der Waals surface area contributed by atoms with Gasteiger partial charge >= 0.3 is 0 Å². The molecule has 2 aromatic rings. The first kappa shape index (κ1) is 12.4. The summed E-state index contributed by atoms with van der Waals surface area (Å²) in [6, 6.07) is 2.01. The van der Waals surface area contributed by atoms with Crippen LogP contribution in [0.5, 0.6) is 0 Å². The first-order valence-electron chi connectivity index (χ1n) is 6.69. The van der Waals surface area contributed by atoms with Gasteiger partial charge in [0.25, 0.3) is 5.91 Å². The molecule has 0 saturated carbocycles. The minimum atomic E-state index is -0.0422. The Kier molecular flexibility index (Phi) is 3.38. The number of carbonyl (C=O) groups is 1. The van der Waals surface area contributed by atoms with E-state index in [0.717, 1.165) is 30.0 Å². The number of aryl methyl sites for hydroxylation is 2. The summed E-state index contributed by atoms with van der Waals surface area (Å²) in [6.45, 7) is 2.04. The van der Waals surface area contributed by atoms with E-state index < -0.39 is 0 Å². The van der Waals surface area contributed by atoms with E-state index >= 15 is 0 Å². The molecule has 2 heterocycles. The van der Waals surface area contributed by atoms with Gasteiger partial charge in [0, 0.05) is 17.3 Å². The van der Waals surface area contributed by atoms with Crippen molar-refractivity contribution in [1.82, 2.24) is 15.3 Å². The Morgan fingerprint density at radius 1 is 1.58 bits per heavy atom. The van der Waals surface area contributed by atoms with Crippen molar-refractivity contribution in [2.75, 3.05) is 0 Å². The molecule has 1 aliphatic rings. The average molecular weight is 275 g/mol. The maximum absolute atomic E-state index is 12.3. The summed E-state index contributed by atoms with van der Waals surface area (Å²) in [4.78, 5) is 21.8. The summed E-state index contributed by atoms with van der Waals surface area (Å²) in [5.74, 6) is 0.836. The van der Waals surface area contributed by atoms with Gasteiger partial charge in [-0.1, -0.05) is 6.92 Å². The van der Waals surface area contributed by atoms with Crippen LogP contribution in [0.3, 0.4) is 0 Å². The summed E-state index contributed by atoms with van der Waals surface area (Å²) < 4.78 is 0. The van der Waals surface area contributed by atoms with Crippen molar-refractivity contribution in [2.45, 2.75) is 38.6 Å². The molecule has 100 valence electrons. The number of nitrogens with zero attached hydrogens (tertiary/aromatic N) is 1. The molecule has 1 amide bonds. The highest BCUT2D eigenvalue weighted by Gasteiger charge is 2.21. The number of hydrogen-bond donors (Lipinski definition) is 2. The molecule has 1 aliphatic carbocycles. The second-order valence-electron chi connectivity index (χ2n) is 4.82. The SMILES string of the molecule is CCC(NC(=O)c1cc2c(s1)CCC2)c1ncc[nH]1. The fraction of sp³-hybridized carbons (Fsp3) is 0.429. The maximum atomic E-state index is 12.3. The number of aromatic nitrogens is 2. The van der Waals surface area contributed by atoms with Gasteiger partial charge in [0.05, 0.1) is 10.9 Å². The molecule has 0 radical (unpaired) electrons. The molecule has 2 aromatic heterocycles. The summed E-state index contributed by atoms with van der Waals surface area (Å²) in [5, 5.41) is 3.05. The van der Waals surface area contributed by atoms with Crippen LogP contribution in [-0.4, -0.2) is 15.9 Å². The molecule has 19 heavy (non-hydrogen) atoms. The van der Waals surface area contributed by atoms with Crippen molar-refractivity contribution in [3.05, 3.63) is 39.6 Å². The lowest BCUT2D eigenvalue weighted by molar-refractivity contribution is 0.0938. The van der Waals surface area contributed by atoms with Crippen LogP contribution in [0.15, 0.2) is 18.5 Å². The van der Waals surface area contributed by atoms with Crippen LogP contribution in [0.4, 0.5) is 0 Å². The Labute approximate surface area is 116 Å². The summed E-state index contributed by atoms with van der Waals surface area (Å²) >= 11 is 1.64. The van der Waals surface area contributed by atoms with Gasteiger partial charge in [-0.3, -0.25) is 4.79 Å². The lowest BCUT2D eigenvalue weighted by Gasteiger charge is -2.13. The fourth-order valence-corrected chi connectivity index (χ4v) is 3.66. The molecular weight excluding hydrogens is 258 g/mol. The Morgan fingerprint density at radius 2 is 2.47 bits per heavy atom. The number of H-pyrrole nitrogens is 1. The number of nitrogens with one attached hydrogen (secondary N) is 2. The van der Waals surface area contributed by atoms with E-state index in [9.17, 15) is 4.79 Å². The van der Waals surface area contributed by atoms with Crippen molar-refractivity contribution in [3.63, 3.8) is 0 Å². The van der Waals surface area contributed by atoms with Crippen LogP contribution in [0, 0.1) is 0 Å². The molecule has 0 bridgehead atoms. The molecule has 0 saturated heterocycles. The third kappa shape index (κ3) is 2.42. The standard InChI is InChI=1S/C14H17N3OS/c1-2-10(13-15-6-7-16-13)17-14(18)12-8-9-4-3-5-11(9)19-12/h6-8,10H,2-5H2,1H3,(H,15,16)(H,17,18). The minimum absolute atomic E-state index is 0.0163. The summed E-state index contributed by atoms with van der Waals surface area (Å²) in [7, 11) is 0. The van der Waals surface area contributed by atoms with Gasteiger partial charge in [0.15, 0.2) is 0 Å². The first-order valence-corrected chi connectivity index (χ1v) is 7.51. The second kappa shape index (κ2) is 5.17. The molecule has 1 unspecified atom stereocenters. The smallest absolute Gasteiger partial charge is 0.261 e. The quantitative estimate of drug-likeness (QED) is 0.901. The Morgan fingerprint density at radius 3 is 3.16 bits per heavy atom.